The first kappa shape index (κ1) is 11.9. The van der Waals surface area contributed by atoms with Gasteiger partial charge in [-0.3, -0.25) is 0 Å². The highest BCUT2D eigenvalue weighted by Crippen LogP contribution is 2.30. The average molecular weight is 244 g/mol. The van der Waals surface area contributed by atoms with Crippen molar-refractivity contribution in [3.8, 4) is 11.1 Å². The maximum absolute atomic E-state index is 6.08. The molecule has 0 fully saturated rings. The summed E-state index contributed by atoms with van der Waals surface area (Å²) in [7, 11) is 0. The van der Waals surface area contributed by atoms with Crippen molar-refractivity contribution < 1.29 is 0 Å². The van der Waals surface area contributed by atoms with E-state index < -0.39 is 0 Å². The first-order valence-corrected chi connectivity index (χ1v) is 6.57. The minimum absolute atomic E-state index is 0.769. The molecule has 0 spiro atoms. The van der Waals surface area contributed by atoms with Gasteiger partial charge < -0.3 is 11.5 Å². The topological polar surface area (TPSA) is 52.0 Å². The minimum Gasteiger partial charge on any atom is -0.399 e. The number of hydrogen-bond donors (Lipinski definition) is 2. The minimum atomic E-state index is 0.769. The van der Waals surface area contributed by atoms with Crippen molar-refractivity contribution in [2.45, 2.75) is 11.8 Å². The third-order valence-electron chi connectivity index (χ3n) is 2.56. The van der Waals surface area contributed by atoms with E-state index in [1.807, 2.05) is 30.3 Å². The molecule has 0 aromatic heterocycles. The Labute approximate surface area is 106 Å². The van der Waals surface area contributed by atoms with E-state index in [-0.39, 0.29) is 0 Å². The van der Waals surface area contributed by atoms with Crippen LogP contribution in [-0.4, -0.2) is 5.75 Å². The molecule has 0 atom stereocenters. The number of thioether (sulfide) groups is 1. The molecule has 2 aromatic rings. The molecule has 0 unspecified atom stereocenters. The molecule has 2 nitrogen and oxygen atoms in total. The standard InChI is InChI=1S/C14H16N2S/c1-2-17-12-7-8-13(14(16)9-12)10-3-5-11(15)6-4-10/h3-9H,2,15-16H2,1H3. The lowest BCUT2D eigenvalue weighted by atomic mass is 10.0. The van der Waals surface area contributed by atoms with Gasteiger partial charge >= 0.3 is 0 Å². The van der Waals surface area contributed by atoms with E-state index in [4.69, 9.17) is 11.5 Å². The maximum atomic E-state index is 6.08. The molecule has 0 saturated carbocycles. The Hall–Kier alpha value is -1.61. The fourth-order valence-electron chi connectivity index (χ4n) is 1.72. The fourth-order valence-corrected chi connectivity index (χ4v) is 2.43. The molecular formula is C14H16N2S. The molecule has 88 valence electrons. The van der Waals surface area contributed by atoms with Crippen LogP contribution in [0.5, 0.6) is 0 Å². The second-order valence-corrected chi connectivity index (χ2v) is 5.14. The second kappa shape index (κ2) is 5.15. The first-order chi connectivity index (χ1) is 8.20. The molecule has 4 N–H and O–H groups in total. The van der Waals surface area contributed by atoms with Gasteiger partial charge in [-0.1, -0.05) is 25.1 Å². The molecular weight excluding hydrogens is 228 g/mol. The smallest absolute Gasteiger partial charge is 0.0404 e. The summed E-state index contributed by atoms with van der Waals surface area (Å²) in [6, 6.07) is 14.0. The van der Waals surface area contributed by atoms with Gasteiger partial charge in [0.25, 0.3) is 0 Å². The van der Waals surface area contributed by atoms with Crippen LogP contribution in [0.25, 0.3) is 11.1 Å². The van der Waals surface area contributed by atoms with Gasteiger partial charge in [-0.05, 0) is 35.6 Å². The molecule has 17 heavy (non-hydrogen) atoms. The molecule has 3 heteroatoms. The number of rotatable bonds is 3. The fraction of sp³-hybridized carbons (Fsp3) is 0.143. The van der Waals surface area contributed by atoms with Crippen molar-refractivity contribution >= 4 is 23.1 Å². The van der Waals surface area contributed by atoms with Crippen LogP contribution in [0.1, 0.15) is 6.92 Å². The lowest BCUT2D eigenvalue weighted by molar-refractivity contribution is 1.43. The number of benzene rings is 2. The Morgan fingerprint density at radius 2 is 1.71 bits per heavy atom. The summed E-state index contributed by atoms with van der Waals surface area (Å²) in [5.41, 5.74) is 15.5. The van der Waals surface area contributed by atoms with Crippen molar-refractivity contribution in [1.29, 1.82) is 0 Å². The number of nitrogens with two attached hydrogens (primary N) is 2. The molecule has 2 aromatic carbocycles. The van der Waals surface area contributed by atoms with Crippen LogP contribution in [0.15, 0.2) is 47.4 Å². The van der Waals surface area contributed by atoms with Crippen LogP contribution in [0.4, 0.5) is 11.4 Å². The van der Waals surface area contributed by atoms with Crippen LogP contribution < -0.4 is 11.5 Å². The Morgan fingerprint density at radius 3 is 2.29 bits per heavy atom. The highest BCUT2D eigenvalue weighted by Gasteiger charge is 2.03. The van der Waals surface area contributed by atoms with Gasteiger partial charge in [0.2, 0.25) is 0 Å². The predicted octanol–water partition coefficient (Wildman–Crippen LogP) is 3.63. The van der Waals surface area contributed by atoms with Crippen molar-refractivity contribution in [3.05, 3.63) is 42.5 Å². The van der Waals surface area contributed by atoms with Gasteiger partial charge in [0, 0.05) is 21.8 Å². The molecule has 0 amide bonds. The van der Waals surface area contributed by atoms with Crippen molar-refractivity contribution in [2.75, 3.05) is 17.2 Å². The summed E-state index contributed by atoms with van der Waals surface area (Å²) in [4.78, 5) is 1.21. The zero-order valence-corrected chi connectivity index (χ0v) is 10.6. The van der Waals surface area contributed by atoms with Crippen LogP contribution in [0.3, 0.4) is 0 Å². The maximum Gasteiger partial charge on any atom is 0.0404 e. The van der Waals surface area contributed by atoms with Gasteiger partial charge in [-0.15, -0.1) is 11.8 Å². The van der Waals surface area contributed by atoms with Crippen molar-refractivity contribution in [3.63, 3.8) is 0 Å². The third-order valence-corrected chi connectivity index (χ3v) is 3.43. The molecule has 0 aliphatic heterocycles. The Bertz CT molecular complexity index is 506. The van der Waals surface area contributed by atoms with Crippen molar-refractivity contribution in [1.82, 2.24) is 0 Å². The lowest BCUT2D eigenvalue weighted by Crippen LogP contribution is -1.91. The van der Waals surface area contributed by atoms with Crippen molar-refractivity contribution in [2.24, 2.45) is 0 Å². The average Bonchev–Trinajstić information content (AvgIpc) is 2.31. The monoisotopic (exact) mass is 244 g/mol. The Balaban J connectivity index is 2.36. The first-order valence-electron chi connectivity index (χ1n) is 5.59. The van der Waals surface area contributed by atoms with Gasteiger partial charge in [0.15, 0.2) is 0 Å². The van der Waals surface area contributed by atoms with E-state index in [1.54, 1.807) is 11.8 Å². The van der Waals surface area contributed by atoms with Gasteiger partial charge in [-0.25, -0.2) is 0 Å². The SMILES string of the molecule is CCSc1ccc(-c2ccc(N)cc2)c(N)c1. The summed E-state index contributed by atoms with van der Waals surface area (Å²) in [6.07, 6.45) is 0. The van der Waals surface area contributed by atoms with E-state index >= 15 is 0 Å². The van der Waals surface area contributed by atoms with Crippen LogP contribution in [-0.2, 0) is 0 Å². The Morgan fingerprint density at radius 1 is 1.00 bits per heavy atom. The highest BCUT2D eigenvalue weighted by atomic mass is 32.2. The molecule has 0 radical (unpaired) electrons. The normalized spacial score (nSPS) is 10.4. The summed E-state index contributed by atoms with van der Waals surface area (Å²) in [5.74, 6) is 1.06. The molecule has 0 aliphatic rings. The zero-order valence-electron chi connectivity index (χ0n) is 9.81. The third kappa shape index (κ3) is 2.74. The van der Waals surface area contributed by atoms with Gasteiger partial charge in [0.05, 0.1) is 0 Å². The number of nitrogen functional groups attached to an aromatic ring is 2. The summed E-state index contributed by atoms with van der Waals surface area (Å²) in [6.45, 7) is 2.13. The van der Waals surface area contributed by atoms with Crippen LogP contribution >= 0.6 is 11.8 Å². The lowest BCUT2D eigenvalue weighted by Gasteiger charge is -2.08. The molecule has 0 heterocycles. The number of anilines is 2. The van der Waals surface area contributed by atoms with Gasteiger partial charge in [0.1, 0.15) is 0 Å². The van der Waals surface area contributed by atoms with Crippen LogP contribution in [0.2, 0.25) is 0 Å². The predicted molar refractivity (Wildman–Crippen MR) is 77.1 cm³/mol. The summed E-state index contributed by atoms with van der Waals surface area (Å²) >= 11 is 1.80. The van der Waals surface area contributed by atoms with E-state index in [1.165, 1.54) is 4.90 Å². The van der Waals surface area contributed by atoms with E-state index in [9.17, 15) is 0 Å². The molecule has 2 rings (SSSR count). The molecule has 0 bridgehead atoms. The highest BCUT2D eigenvalue weighted by molar-refractivity contribution is 7.99. The van der Waals surface area contributed by atoms with E-state index in [2.05, 4.69) is 19.1 Å². The van der Waals surface area contributed by atoms with Crippen LogP contribution in [0, 0.1) is 0 Å². The summed E-state index contributed by atoms with van der Waals surface area (Å²) < 4.78 is 0. The Kier molecular flexibility index (Phi) is 3.59. The van der Waals surface area contributed by atoms with E-state index in [0.29, 0.717) is 0 Å². The molecule has 0 aliphatic carbocycles. The largest absolute Gasteiger partial charge is 0.399 e. The van der Waals surface area contributed by atoms with E-state index in [0.717, 1.165) is 28.3 Å². The second-order valence-electron chi connectivity index (χ2n) is 3.80. The quantitative estimate of drug-likeness (QED) is 0.640. The number of hydrogen-bond acceptors (Lipinski definition) is 3. The molecule has 0 saturated heterocycles. The van der Waals surface area contributed by atoms with Gasteiger partial charge in [-0.2, -0.15) is 0 Å². The zero-order chi connectivity index (χ0) is 12.3. The summed E-state index contributed by atoms with van der Waals surface area (Å²) in [5, 5.41) is 0.